The molecule has 0 aromatic carbocycles. The summed E-state index contributed by atoms with van der Waals surface area (Å²) in [6.45, 7) is 17.2. The monoisotopic (exact) mass is 1150 g/mol. The number of aromatic nitrogens is 2. The number of hydrogen-bond donors (Lipinski definition) is 17. The number of carbonyl (C=O) groups is 10. The summed E-state index contributed by atoms with van der Waals surface area (Å²) in [5, 5.41) is 23.8. The Balaban J connectivity index is 3.52. The Labute approximate surface area is 474 Å². The summed E-state index contributed by atoms with van der Waals surface area (Å²) < 4.78 is 0. The van der Waals surface area contributed by atoms with Gasteiger partial charge in [-0.2, -0.15) is 0 Å². The SMILES string of the molecule is CC(C)C[C@H](NC(=O)[C@H](CCCN=C(N)N)NC(=O)[C@H](CC(C)C)NC(=O)[C@@H](NC(=O)[C@H](CC(C)C)NC(=O)[C@H](Cc1cnc[nH]1)NC(=O)[C@@H](N)CC(C)C)C(C)C)C(=O)N[C@@H](CCCN=C(N)N)C(=O)NCC(=O)NCC(=O)NN. The number of H-pyrrole nitrogens is 1. The molecule has 0 bridgehead atoms. The summed E-state index contributed by atoms with van der Waals surface area (Å²) in [5.41, 5.74) is 30.6. The molecule has 1 aromatic heterocycles. The van der Waals surface area contributed by atoms with E-state index in [1.165, 1.54) is 12.5 Å². The summed E-state index contributed by atoms with van der Waals surface area (Å²) in [7, 11) is 0. The van der Waals surface area contributed by atoms with Crippen molar-refractivity contribution in [3.05, 3.63) is 18.2 Å². The fraction of sp³-hybridized carbons (Fsp3) is 0.706. The van der Waals surface area contributed by atoms with Crippen molar-refractivity contribution in [2.24, 2.45) is 74.1 Å². The van der Waals surface area contributed by atoms with Crippen molar-refractivity contribution in [1.29, 1.82) is 0 Å². The molecule has 81 heavy (non-hydrogen) atoms. The standard InChI is InChI=1S/C51H94N20O10/c1-26(2)17-32(52)42(74)66-38(21-31-22-58-25-63-31)47(79)68-37(20-29(7)8)48(80)70-41(30(9)10)49(81)69-36(19-28(5)6)46(78)65-34(14-12-16-60-51(55)56)44(76)67-35(18-27(3)4)45(77)64-33(13-11-15-59-50(53)54)43(75)62-23-39(72)61-24-40(73)71-57/h22,25-30,32-38,41H,11-21,23-24,52,57H2,1-10H3,(H,58,63)(H,61,72)(H,62,75)(H,64,77)(H,65,78)(H,66,74)(H,67,76)(H,68,79)(H,69,81)(H,70,80)(H,71,73)(H4,53,54,59)(H4,55,56,60)/t32-,33-,34-,35-,36-,37-,38-,41-/m0/s1. The summed E-state index contributed by atoms with van der Waals surface area (Å²) in [6, 6.07) is -9.63. The van der Waals surface area contributed by atoms with Crippen LogP contribution in [0.3, 0.4) is 0 Å². The van der Waals surface area contributed by atoms with Crippen LogP contribution in [0.4, 0.5) is 0 Å². The molecule has 30 heteroatoms. The zero-order chi connectivity index (χ0) is 61.5. The van der Waals surface area contributed by atoms with Gasteiger partial charge in [0.25, 0.3) is 5.91 Å². The number of aromatic amines is 1. The number of hydrazine groups is 1. The third-order valence-electron chi connectivity index (χ3n) is 12.1. The van der Waals surface area contributed by atoms with E-state index in [1.54, 1.807) is 27.7 Å². The Morgan fingerprint density at radius 2 is 0.889 bits per heavy atom. The summed E-state index contributed by atoms with van der Waals surface area (Å²) in [6.07, 6.45) is 3.86. The van der Waals surface area contributed by atoms with Crippen molar-refractivity contribution in [3.63, 3.8) is 0 Å². The van der Waals surface area contributed by atoms with E-state index in [2.05, 4.69) is 67.8 Å². The lowest BCUT2D eigenvalue weighted by Crippen LogP contribution is -2.61. The van der Waals surface area contributed by atoms with Crippen LogP contribution in [0.5, 0.6) is 0 Å². The molecule has 1 rings (SSSR count). The van der Waals surface area contributed by atoms with Crippen molar-refractivity contribution < 1.29 is 47.9 Å². The molecular weight excluding hydrogens is 1050 g/mol. The second kappa shape index (κ2) is 37.3. The van der Waals surface area contributed by atoms with Crippen LogP contribution in [0.25, 0.3) is 0 Å². The minimum absolute atomic E-state index is 0.000749. The molecule has 23 N–H and O–H groups in total. The number of amides is 10. The number of rotatable bonds is 38. The molecule has 0 spiro atoms. The molecule has 0 fully saturated rings. The highest BCUT2D eigenvalue weighted by molar-refractivity contribution is 5.98. The van der Waals surface area contributed by atoms with Crippen LogP contribution in [0, 0.1) is 29.6 Å². The number of nitrogens with zero attached hydrogens (tertiary/aromatic N) is 3. The topological polar surface area (TPSA) is 501 Å². The molecule has 1 heterocycles. The molecule has 0 aliphatic carbocycles. The van der Waals surface area contributed by atoms with E-state index in [1.807, 2.05) is 47.0 Å². The summed E-state index contributed by atoms with van der Waals surface area (Å²) in [4.78, 5) is 151. The first-order valence-corrected chi connectivity index (χ1v) is 27.4. The fourth-order valence-electron chi connectivity index (χ4n) is 8.10. The van der Waals surface area contributed by atoms with Gasteiger partial charge in [0.15, 0.2) is 11.9 Å². The van der Waals surface area contributed by atoms with Gasteiger partial charge in [0.05, 0.1) is 25.5 Å². The van der Waals surface area contributed by atoms with Crippen LogP contribution >= 0.6 is 0 Å². The maximum atomic E-state index is 14.4. The second-order valence-corrected chi connectivity index (χ2v) is 22.0. The Hall–Kier alpha value is -7.63. The Kier molecular flexibility index (Phi) is 32.9. The highest BCUT2D eigenvalue weighted by Gasteiger charge is 2.36. The summed E-state index contributed by atoms with van der Waals surface area (Å²) >= 11 is 0. The van der Waals surface area contributed by atoms with Gasteiger partial charge in [-0.3, -0.25) is 63.4 Å². The molecule has 8 atom stereocenters. The number of nitrogens with one attached hydrogen (secondary N) is 11. The van der Waals surface area contributed by atoms with Gasteiger partial charge < -0.3 is 81.5 Å². The van der Waals surface area contributed by atoms with Crippen LogP contribution in [0.2, 0.25) is 0 Å². The third kappa shape index (κ3) is 30.0. The van der Waals surface area contributed by atoms with Crippen molar-refractivity contribution >= 4 is 71.0 Å². The summed E-state index contributed by atoms with van der Waals surface area (Å²) in [5.74, 6) is -3.57. The van der Waals surface area contributed by atoms with Gasteiger partial charge in [-0.15, -0.1) is 0 Å². The first-order valence-electron chi connectivity index (χ1n) is 27.4. The lowest BCUT2D eigenvalue weighted by atomic mass is 9.97. The van der Waals surface area contributed by atoms with Crippen molar-refractivity contribution in [3.8, 4) is 0 Å². The average Bonchev–Trinajstić information content (AvgIpc) is 3.90. The van der Waals surface area contributed by atoms with Crippen molar-refractivity contribution in [2.75, 3.05) is 26.2 Å². The molecule has 1 aromatic rings. The minimum atomic E-state index is -1.34. The predicted octanol–water partition coefficient (Wildman–Crippen LogP) is -4.16. The van der Waals surface area contributed by atoms with Crippen LogP contribution in [0.15, 0.2) is 22.5 Å². The van der Waals surface area contributed by atoms with Gasteiger partial charge in [0.2, 0.25) is 53.2 Å². The number of imidazole rings is 1. The molecule has 10 amide bonds. The van der Waals surface area contributed by atoms with E-state index in [9.17, 15) is 47.9 Å². The Morgan fingerprint density at radius 1 is 0.494 bits per heavy atom. The van der Waals surface area contributed by atoms with E-state index in [0.29, 0.717) is 12.1 Å². The molecule has 0 radical (unpaired) electrons. The van der Waals surface area contributed by atoms with E-state index >= 15 is 0 Å². The normalized spacial score (nSPS) is 14.2. The molecule has 0 saturated heterocycles. The van der Waals surface area contributed by atoms with Crippen LogP contribution in [-0.4, -0.2) is 155 Å². The van der Waals surface area contributed by atoms with Crippen LogP contribution < -0.4 is 87.8 Å². The van der Waals surface area contributed by atoms with Crippen molar-refractivity contribution in [2.45, 2.75) is 175 Å². The highest BCUT2D eigenvalue weighted by Crippen LogP contribution is 2.14. The van der Waals surface area contributed by atoms with Gasteiger partial charge in [-0.25, -0.2) is 10.8 Å². The number of aliphatic imine (C=N–C) groups is 2. The quantitative estimate of drug-likeness (QED) is 0.00746. The van der Waals surface area contributed by atoms with E-state index in [4.69, 9.17) is 34.5 Å². The molecule has 30 nitrogen and oxygen atoms in total. The predicted molar refractivity (Wildman–Crippen MR) is 305 cm³/mol. The van der Waals surface area contributed by atoms with E-state index < -0.39 is 126 Å². The van der Waals surface area contributed by atoms with Gasteiger partial charge in [-0.05, 0) is 81.0 Å². The van der Waals surface area contributed by atoms with Crippen LogP contribution in [0.1, 0.15) is 126 Å². The Morgan fingerprint density at radius 3 is 1.31 bits per heavy atom. The molecule has 0 saturated carbocycles. The number of guanidine groups is 2. The molecule has 458 valence electrons. The van der Waals surface area contributed by atoms with Crippen molar-refractivity contribution in [1.82, 2.24) is 63.2 Å². The number of carbonyl (C=O) groups excluding carboxylic acids is 10. The van der Waals surface area contributed by atoms with Crippen LogP contribution in [-0.2, 0) is 54.4 Å². The molecule has 0 aliphatic rings. The zero-order valence-corrected chi connectivity index (χ0v) is 48.7. The lowest BCUT2D eigenvalue weighted by Gasteiger charge is -2.30. The zero-order valence-electron chi connectivity index (χ0n) is 48.7. The molecule has 0 unspecified atom stereocenters. The first-order chi connectivity index (χ1) is 37.9. The number of hydrogen-bond acceptors (Lipinski definition) is 15. The molecular formula is C51H94N20O10. The second-order valence-electron chi connectivity index (χ2n) is 22.0. The van der Waals surface area contributed by atoms with Gasteiger partial charge >= 0.3 is 0 Å². The fourth-order valence-corrected chi connectivity index (χ4v) is 8.10. The maximum absolute atomic E-state index is 14.4. The van der Waals surface area contributed by atoms with E-state index in [-0.39, 0.29) is 100 Å². The highest BCUT2D eigenvalue weighted by atomic mass is 16.2. The first kappa shape index (κ1) is 71.4. The van der Waals surface area contributed by atoms with Gasteiger partial charge in [0, 0.05) is 31.4 Å². The third-order valence-corrected chi connectivity index (χ3v) is 12.1. The molecule has 0 aliphatic heterocycles. The Bertz CT molecular complexity index is 2250. The minimum Gasteiger partial charge on any atom is -0.370 e. The largest absolute Gasteiger partial charge is 0.370 e. The smallest absolute Gasteiger partial charge is 0.253 e. The number of nitrogens with two attached hydrogens (primary N) is 6. The maximum Gasteiger partial charge on any atom is 0.253 e. The van der Waals surface area contributed by atoms with E-state index in [0.717, 1.165) is 0 Å². The van der Waals surface area contributed by atoms with Gasteiger partial charge in [-0.1, -0.05) is 69.2 Å². The average molecular weight is 1150 g/mol. The van der Waals surface area contributed by atoms with Gasteiger partial charge in [0.1, 0.15) is 42.3 Å². The lowest BCUT2D eigenvalue weighted by molar-refractivity contribution is -0.136.